The molecule has 0 aliphatic rings. The molecule has 0 aliphatic heterocycles. The van der Waals surface area contributed by atoms with E-state index in [1.807, 2.05) is 12.1 Å². The molecular formula is C16H27N3O2. The van der Waals surface area contributed by atoms with Gasteiger partial charge in [0.1, 0.15) is 12.4 Å². The van der Waals surface area contributed by atoms with Crippen molar-refractivity contribution in [2.75, 3.05) is 13.2 Å². The lowest BCUT2D eigenvalue weighted by atomic mass is 9.96. The number of benzene rings is 1. The Morgan fingerprint density at radius 2 is 1.90 bits per heavy atom. The van der Waals surface area contributed by atoms with E-state index in [1.54, 1.807) is 12.1 Å². The van der Waals surface area contributed by atoms with Gasteiger partial charge in [0, 0.05) is 18.2 Å². The molecule has 1 rings (SSSR count). The molecule has 0 spiro atoms. The number of nitrogens with one attached hydrogen (secondary N) is 1. The van der Waals surface area contributed by atoms with Crippen molar-refractivity contribution in [1.82, 2.24) is 5.32 Å². The second-order valence-electron chi connectivity index (χ2n) is 5.18. The third-order valence-corrected chi connectivity index (χ3v) is 3.85. The normalized spacial score (nSPS) is 13.4. The fourth-order valence-electron chi connectivity index (χ4n) is 2.40. The Morgan fingerprint density at radius 1 is 1.29 bits per heavy atom. The molecule has 0 aliphatic carbocycles. The minimum absolute atomic E-state index is 0.0993. The van der Waals surface area contributed by atoms with E-state index in [-0.39, 0.29) is 5.84 Å². The number of amidine groups is 1. The number of nitrogens with two attached hydrogens (primary N) is 1. The van der Waals surface area contributed by atoms with Crippen LogP contribution in [0.3, 0.4) is 0 Å². The van der Waals surface area contributed by atoms with Gasteiger partial charge in [0.25, 0.3) is 0 Å². The fourth-order valence-corrected chi connectivity index (χ4v) is 2.40. The van der Waals surface area contributed by atoms with Crippen molar-refractivity contribution in [1.29, 1.82) is 0 Å². The van der Waals surface area contributed by atoms with Crippen LogP contribution in [-0.2, 0) is 0 Å². The monoisotopic (exact) mass is 293 g/mol. The summed E-state index contributed by atoms with van der Waals surface area (Å²) in [6.45, 7) is 8.12. The zero-order valence-electron chi connectivity index (χ0n) is 13.2. The molecule has 5 heteroatoms. The molecule has 1 atom stereocenters. The van der Waals surface area contributed by atoms with Gasteiger partial charge in [-0.1, -0.05) is 31.8 Å². The highest BCUT2D eigenvalue weighted by Crippen LogP contribution is 2.13. The third-order valence-electron chi connectivity index (χ3n) is 3.85. The predicted octanol–water partition coefficient (Wildman–Crippen LogP) is 2.57. The van der Waals surface area contributed by atoms with Crippen LogP contribution in [0.15, 0.2) is 29.4 Å². The maximum Gasteiger partial charge on any atom is 0.170 e. The molecular weight excluding hydrogens is 266 g/mol. The van der Waals surface area contributed by atoms with Crippen LogP contribution >= 0.6 is 0 Å². The number of nitrogens with zero attached hydrogens (tertiary/aromatic N) is 1. The van der Waals surface area contributed by atoms with Gasteiger partial charge in [0.2, 0.25) is 0 Å². The van der Waals surface area contributed by atoms with E-state index in [0.29, 0.717) is 24.1 Å². The van der Waals surface area contributed by atoms with Crippen LogP contribution in [0.5, 0.6) is 5.75 Å². The maximum absolute atomic E-state index is 8.59. The molecule has 0 bridgehead atoms. The zero-order chi connectivity index (χ0) is 15.7. The summed E-state index contributed by atoms with van der Waals surface area (Å²) in [5.41, 5.74) is 6.17. The van der Waals surface area contributed by atoms with E-state index in [1.165, 1.54) is 12.8 Å². The second kappa shape index (κ2) is 9.23. The van der Waals surface area contributed by atoms with Crippen LogP contribution in [0.2, 0.25) is 0 Å². The number of rotatable bonds is 9. The minimum atomic E-state index is 0.0993. The second-order valence-corrected chi connectivity index (χ2v) is 5.18. The molecule has 0 amide bonds. The van der Waals surface area contributed by atoms with Gasteiger partial charge >= 0.3 is 0 Å². The first-order chi connectivity index (χ1) is 10.1. The lowest BCUT2D eigenvalue weighted by Gasteiger charge is -2.22. The van der Waals surface area contributed by atoms with Crippen LogP contribution in [0.4, 0.5) is 0 Å². The van der Waals surface area contributed by atoms with Crippen LogP contribution in [0.1, 0.15) is 39.2 Å². The average molecular weight is 293 g/mol. The molecule has 118 valence electrons. The summed E-state index contributed by atoms with van der Waals surface area (Å²) in [4.78, 5) is 0. The molecule has 0 fully saturated rings. The molecule has 21 heavy (non-hydrogen) atoms. The van der Waals surface area contributed by atoms with E-state index in [9.17, 15) is 0 Å². The smallest absolute Gasteiger partial charge is 0.170 e. The highest BCUT2D eigenvalue weighted by Gasteiger charge is 2.12. The molecule has 0 radical (unpaired) electrons. The van der Waals surface area contributed by atoms with Crippen LogP contribution in [-0.4, -0.2) is 30.2 Å². The standard InChI is InChI=1S/C16H27N3O2/c1-4-13(5-2)12(3)18-10-11-21-15-8-6-14(7-9-15)16(17)19-20/h6-9,12-13,18,20H,4-5,10-11H2,1-3H3,(H2,17,19). The van der Waals surface area contributed by atoms with E-state index < -0.39 is 0 Å². The molecule has 5 nitrogen and oxygen atoms in total. The Morgan fingerprint density at radius 3 is 2.43 bits per heavy atom. The van der Waals surface area contributed by atoms with Gasteiger partial charge in [-0.3, -0.25) is 0 Å². The summed E-state index contributed by atoms with van der Waals surface area (Å²) in [5.74, 6) is 1.59. The molecule has 0 saturated heterocycles. The van der Waals surface area contributed by atoms with E-state index in [2.05, 4.69) is 31.2 Å². The summed E-state index contributed by atoms with van der Waals surface area (Å²) < 4.78 is 5.67. The van der Waals surface area contributed by atoms with E-state index >= 15 is 0 Å². The fraction of sp³-hybridized carbons (Fsp3) is 0.562. The minimum Gasteiger partial charge on any atom is -0.492 e. The average Bonchev–Trinajstić information content (AvgIpc) is 2.52. The van der Waals surface area contributed by atoms with Crippen LogP contribution < -0.4 is 15.8 Å². The van der Waals surface area contributed by atoms with Crippen LogP contribution in [0, 0.1) is 5.92 Å². The number of oxime groups is 1. The van der Waals surface area contributed by atoms with Gasteiger partial charge in [0.15, 0.2) is 5.84 Å². The first kappa shape index (κ1) is 17.3. The Kier molecular flexibility index (Phi) is 7.61. The Bertz CT molecular complexity index is 428. The lowest BCUT2D eigenvalue weighted by molar-refractivity contribution is 0.284. The van der Waals surface area contributed by atoms with Gasteiger partial charge in [-0.15, -0.1) is 0 Å². The van der Waals surface area contributed by atoms with Gasteiger partial charge in [0.05, 0.1) is 0 Å². The largest absolute Gasteiger partial charge is 0.492 e. The summed E-state index contributed by atoms with van der Waals surface area (Å²) in [5, 5.41) is 15.0. The molecule has 0 aromatic heterocycles. The lowest BCUT2D eigenvalue weighted by Crippen LogP contribution is -2.35. The van der Waals surface area contributed by atoms with Crippen molar-refractivity contribution in [2.45, 2.75) is 39.7 Å². The van der Waals surface area contributed by atoms with Crippen LogP contribution in [0.25, 0.3) is 0 Å². The topological polar surface area (TPSA) is 79.9 Å². The van der Waals surface area contributed by atoms with E-state index in [0.717, 1.165) is 12.3 Å². The highest BCUT2D eigenvalue weighted by atomic mass is 16.5. The number of hydrogen-bond acceptors (Lipinski definition) is 4. The van der Waals surface area contributed by atoms with Gasteiger partial charge in [-0.05, 0) is 37.1 Å². The van der Waals surface area contributed by atoms with Crippen molar-refractivity contribution in [3.63, 3.8) is 0 Å². The highest BCUT2D eigenvalue weighted by molar-refractivity contribution is 5.97. The summed E-state index contributed by atoms with van der Waals surface area (Å²) in [6, 6.07) is 7.68. The molecule has 0 heterocycles. The van der Waals surface area contributed by atoms with Crippen molar-refractivity contribution in [3.8, 4) is 5.75 Å². The third kappa shape index (κ3) is 5.63. The van der Waals surface area contributed by atoms with Gasteiger partial charge in [-0.25, -0.2) is 0 Å². The molecule has 1 unspecified atom stereocenters. The molecule has 0 saturated carbocycles. The number of hydrogen-bond donors (Lipinski definition) is 3. The predicted molar refractivity (Wildman–Crippen MR) is 86.0 cm³/mol. The SMILES string of the molecule is CCC(CC)C(C)NCCOc1ccc(C(N)=NO)cc1. The molecule has 1 aromatic carbocycles. The van der Waals surface area contributed by atoms with Crippen molar-refractivity contribution in [2.24, 2.45) is 16.8 Å². The Labute approximate surface area is 127 Å². The first-order valence-corrected chi connectivity index (χ1v) is 7.56. The van der Waals surface area contributed by atoms with Crippen molar-refractivity contribution >= 4 is 5.84 Å². The Balaban J connectivity index is 2.33. The maximum atomic E-state index is 8.59. The Hall–Kier alpha value is -1.75. The van der Waals surface area contributed by atoms with Crippen molar-refractivity contribution in [3.05, 3.63) is 29.8 Å². The first-order valence-electron chi connectivity index (χ1n) is 7.56. The molecule has 4 N–H and O–H groups in total. The molecule has 1 aromatic rings. The van der Waals surface area contributed by atoms with E-state index in [4.69, 9.17) is 15.7 Å². The van der Waals surface area contributed by atoms with Crippen molar-refractivity contribution < 1.29 is 9.94 Å². The zero-order valence-corrected chi connectivity index (χ0v) is 13.2. The summed E-state index contributed by atoms with van der Waals surface area (Å²) in [6.07, 6.45) is 2.39. The van der Waals surface area contributed by atoms with Gasteiger partial charge < -0.3 is 21.0 Å². The van der Waals surface area contributed by atoms with Gasteiger partial charge in [-0.2, -0.15) is 0 Å². The summed E-state index contributed by atoms with van der Waals surface area (Å²) in [7, 11) is 0. The quantitative estimate of drug-likeness (QED) is 0.215. The number of ether oxygens (including phenoxy) is 1. The summed E-state index contributed by atoms with van der Waals surface area (Å²) >= 11 is 0.